The third-order valence-electron chi connectivity index (χ3n) is 6.40. The molecule has 1 amide bonds. The third kappa shape index (κ3) is 2.95. The second-order valence-corrected chi connectivity index (χ2v) is 8.16. The lowest BCUT2D eigenvalue weighted by Crippen LogP contribution is -2.44. The van der Waals surface area contributed by atoms with Crippen molar-refractivity contribution in [3.63, 3.8) is 0 Å². The number of rotatable bonds is 4. The minimum absolute atomic E-state index is 0.102. The molecule has 1 aromatic heterocycles. The molecule has 1 fully saturated rings. The maximum atomic E-state index is 13.5. The number of para-hydroxylation sites is 1. The number of aromatic nitrogens is 1. The minimum Gasteiger partial charge on any atom is -0.325 e. The van der Waals surface area contributed by atoms with Gasteiger partial charge in [0.15, 0.2) is 0 Å². The Hall–Kier alpha value is -2.98. The molecule has 4 nitrogen and oxygen atoms in total. The Labute approximate surface area is 171 Å². The van der Waals surface area contributed by atoms with Crippen molar-refractivity contribution >= 4 is 11.6 Å². The van der Waals surface area contributed by atoms with E-state index in [4.69, 9.17) is 0 Å². The highest BCUT2D eigenvalue weighted by Gasteiger charge is 2.54. The fourth-order valence-corrected chi connectivity index (χ4v) is 5.15. The molecule has 146 valence electrons. The summed E-state index contributed by atoms with van der Waals surface area (Å²) in [5, 5.41) is 3.17. The second kappa shape index (κ2) is 7.12. The zero-order chi connectivity index (χ0) is 19.8. The van der Waals surface area contributed by atoms with Gasteiger partial charge < -0.3 is 5.32 Å². The number of carbonyl (C=O) groups excluding carboxylic acids is 1. The maximum Gasteiger partial charge on any atom is 0.239 e. The van der Waals surface area contributed by atoms with Gasteiger partial charge in [-0.1, -0.05) is 54.6 Å². The van der Waals surface area contributed by atoms with Gasteiger partial charge in [-0.15, -0.1) is 0 Å². The van der Waals surface area contributed by atoms with Crippen LogP contribution < -0.4 is 5.32 Å². The highest BCUT2D eigenvalue weighted by molar-refractivity contribution is 6.09. The summed E-state index contributed by atoms with van der Waals surface area (Å²) in [4.78, 5) is 20.6. The van der Waals surface area contributed by atoms with Crippen LogP contribution in [0.2, 0.25) is 0 Å². The largest absolute Gasteiger partial charge is 0.325 e. The molecule has 3 heterocycles. The number of aryl methyl sites for hydroxylation is 1. The molecular formula is C25H25N3O. The number of nitrogens with one attached hydrogen (secondary N) is 1. The first-order valence-corrected chi connectivity index (χ1v) is 10.3. The molecule has 4 heteroatoms. The normalized spacial score (nSPS) is 23.8. The summed E-state index contributed by atoms with van der Waals surface area (Å²) in [5.41, 5.74) is 4.64. The highest BCUT2D eigenvalue weighted by atomic mass is 16.2. The summed E-state index contributed by atoms with van der Waals surface area (Å²) in [6, 6.07) is 24.6. The molecule has 2 aliphatic heterocycles. The van der Waals surface area contributed by atoms with Crippen LogP contribution in [0.4, 0.5) is 5.69 Å². The van der Waals surface area contributed by atoms with Crippen molar-refractivity contribution in [2.45, 2.75) is 25.3 Å². The first-order chi connectivity index (χ1) is 14.2. The minimum atomic E-state index is -0.632. The average Bonchev–Trinajstić information content (AvgIpc) is 3.30. The Morgan fingerprint density at radius 2 is 1.83 bits per heavy atom. The summed E-state index contributed by atoms with van der Waals surface area (Å²) >= 11 is 0. The van der Waals surface area contributed by atoms with Crippen molar-refractivity contribution < 1.29 is 4.79 Å². The second-order valence-electron chi connectivity index (χ2n) is 8.16. The maximum absolute atomic E-state index is 13.5. The highest BCUT2D eigenvalue weighted by Crippen LogP contribution is 2.50. The number of carbonyl (C=O) groups is 1. The van der Waals surface area contributed by atoms with E-state index in [1.54, 1.807) is 0 Å². The lowest BCUT2D eigenvalue weighted by Gasteiger charge is -2.34. The molecule has 0 bridgehead atoms. The van der Waals surface area contributed by atoms with Crippen LogP contribution in [-0.2, 0) is 16.8 Å². The van der Waals surface area contributed by atoms with E-state index in [1.165, 1.54) is 0 Å². The lowest BCUT2D eigenvalue weighted by molar-refractivity contribution is -0.121. The van der Waals surface area contributed by atoms with Gasteiger partial charge in [-0.2, -0.15) is 0 Å². The number of hydrogen-bond acceptors (Lipinski definition) is 3. The van der Waals surface area contributed by atoms with Crippen molar-refractivity contribution in [3.05, 3.63) is 95.3 Å². The van der Waals surface area contributed by atoms with Gasteiger partial charge in [-0.25, -0.2) is 0 Å². The first-order valence-electron chi connectivity index (χ1n) is 10.3. The molecular weight excluding hydrogens is 358 g/mol. The van der Waals surface area contributed by atoms with E-state index in [1.807, 2.05) is 49.4 Å². The molecule has 3 aromatic rings. The summed E-state index contributed by atoms with van der Waals surface area (Å²) in [6.45, 7) is 4.71. The number of likely N-dealkylation sites (tertiary alicyclic amines) is 1. The molecule has 1 saturated heterocycles. The smallest absolute Gasteiger partial charge is 0.239 e. The molecule has 2 atom stereocenters. The fraction of sp³-hybridized carbons (Fsp3) is 0.280. The lowest BCUT2D eigenvalue weighted by atomic mass is 9.66. The van der Waals surface area contributed by atoms with Crippen LogP contribution in [0.3, 0.4) is 0 Å². The molecule has 2 aromatic carbocycles. The predicted molar refractivity (Wildman–Crippen MR) is 115 cm³/mol. The third-order valence-corrected chi connectivity index (χ3v) is 6.40. The van der Waals surface area contributed by atoms with Gasteiger partial charge in [0, 0.05) is 24.5 Å². The van der Waals surface area contributed by atoms with E-state index < -0.39 is 5.41 Å². The Balaban J connectivity index is 1.52. The average molecular weight is 383 g/mol. The standard InChI is InChI=1S/C25H25N3O/c1-18-8-7-11-21(26-18)17-28-15-14-20(16-28)25(19-9-3-2-4-10-19)22-12-5-6-13-23(22)27-24(25)29/h2-13,20H,14-17H2,1H3,(H,27,29)/t20-,25?/m1/s1. The summed E-state index contributed by atoms with van der Waals surface area (Å²) < 4.78 is 0. The number of anilines is 1. The Morgan fingerprint density at radius 3 is 2.66 bits per heavy atom. The van der Waals surface area contributed by atoms with Crippen LogP contribution in [0.5, 0.6) is 0 Å². The number of fused-ring (bicyclic) bond motifs is 1. The van der Waals surface area contributed by atoms with E-state index in [-0.39, 0.29) is 11.8 Å². The van der Waals surface area contributed by atoms with Crippen molar-refractivity contribution in [3.8, 4) is 0 Å². The zero-order valence-corrected chi connectivity index (χ0v) is 16.6. The topological polar surface area (TPSA) is 45.2 Å². The van der Waals surface area contributed by atoms with E-state index >= 15 is 0 Å². The van der Waals surface area contributed by atoms with Crippen molar-refractivity contribution in [2.24, 2.45) is 5.92 Å². The molecule has 0 radical (unpaired) electrons. The first kappa shape index (κ1) is 18.1. The van der Waals surface area contributed by atoms with Crippen LogP contribution in [-0.4, -0.2) is 28.9 Å². The van der Waals surface area contributed by atoms with Crippen LogP contribution in [0.15, 0.2) is 72.8 Å². The van der Waals surface area contributed by atoms with Gasteiger partial charge >= 0.3 is 0 Å². The number of benzene rings is 2. The van der Waals surface area contributed by atoms with E-state index in [9.17, 15) is 4.79 Å². The summed E-state index contributed by atoms with van der Waals surface area (Å²) in [5.74, 6) is 0.323. The van der Waals surface area contributed by atoms with Gasteiger partial charge in [-0.05, 0) is 55.1 Å². The van der Waals surface area contributed by atoms with Gasteiger partial charge in [-0.3, -0.25) is 14.7 Å². The van der Waals surface area contributed by atoms with Gasteiger partial charge in [0.2, 0.25) is 5.91 Å². The number of pyridine rings is 1. The van der Waals surface area contributed by atoms with Gasteiger partial charge in [0.05, 0.1) is 5.69 Å². The Kier molecular flexibility index (Phi) is 4.44. The quantitative estimate of drug-likeness (QED) is 0.736. The summed E-state index contributed by atoms with van der Waals surface area (Å²) in [6.07, 6.45) is 0.989. The number of amides is 1. The molecule has 29 heavy (non-hydrogen) atoms. The molecule has 5 rings (SSSR count). The van der Waals surface area contributed by atoms with Crippen molar-refractivity contribution in [1.82, 2.24) is 9.88 Å². The van der Waals surface area contributed by atoms with Crippen LogP contribution >= 0.6 is 0 Å². The van der Waals surface area contributed by atoms with E-state index in [0.717, 1.165) is 54.3 Å². The fourth-order valence-electron chi connectivity index (χ4n) is 5.15. The van der Waals surface area contributed by atoms with Gasteiger partial charge in [0.1, 0.15) is 5.41 Å². The van der Waals surface area contributed by atoms with Crippen molar-refractivity contribution in [1.29, 1.82) is 0 Å². The molecule has 1 unspecified atom stereocenters. The van der Waals surface area contributed by atoms with Crippen LogP contribution in [0, 0.1) is 12.8 Å². The SMILES string of the molecule is Cc1cccc(CN2CC[C@@H](C3(c4ccccc4)C(=O)Nc4ccccc43)C2)n1. The predicted octanol–water partition coefficient (Wildman–Crippen LogP) is 4.15. The monoisotopic (exact) mass is 383 g/mol. The Bertz CT molecular complexity index is 1050. The molecule has 1 N–H and O–H groups in total. The van der Waals surface area contributed by atoms with E-state index in [2.05, 4.69) is 45.5 Å². The number of nitrogens with zero attached hydrogens (tertiary/aromatic N) is 2. The van der Waals surface area contributed by atoms with Gasteiger partial charge in [0.25, 0.3) is 0 Å². The molecule has 0 saturated carbocycles. The van der Waals surface area contributed by atoms with Crippen LogP contribution in [0.1, 0.15) is 28.9 Å². The van der Waals surface area contributed by atoms with Crippen molar-refractivity contribution in [2.75, 3.05) is 18.4 Å². The van der Waals surface area contributed by atoms with E-state index in [0.29, 0.717) is 0 Å². The van der Waals surface area contributed by atoms with Crippen LogP contribution in [0.25, 0.3) is 0 Å². The Morgan fingerprint density at radius 1 is 1.03 bits per heavy atom. The zero-order valence-electron chi connectivity index (χ0n) is 16.6. The molecule has 0 spiro atoms. The molecule has 0 aliphatic carbocycles. The summed E-state index contributed by atoms with van der Waals surface area (Å²) in [7, 11) is 0. The molecule has 2 aliphatic rings. The number of hydrogen-bond donors (Lipinski definition) is 1.